The van der Waals surface area contributed by atoms with Gasteiger partial charge in [-0.15, -0.1) is 0 Å². The minimum Gasteiger partial charge on any atom is -0.330 e. The zero-order valence-electron chi connectivity index (χ0n) is 15.4. The maximum atomic E-state index is 12.3. The second-order valence-corrected chi connectivity index (χ2v) is 6.84. The van der Waals surface area contributed by atoms with Gasteiger partial charge in [0.1, 0.15) is 0 Å². The standard InChI is InChI=1S/C21H24N4O/c1-15(2)18-10-8-17(9-11-18)12-23-24-21(26)16(3)13-25-14-22-19-6-4-5-7-20(19)25/h4-12,14-16H,13H2,1-3H3,(H,24,26)/b23-12+. The average molecular weight is 348 g/mol. The maximum absolute atomic E-state index is 12.3. The van der Waals surface area contributed by atoms with Gasteiger partial charge >= 0.3 is 0 Å². The van der Waals surface area contributed by atoms with Crippen LogP contribution in [0.5, 0.6) is 0 Å². The van der Waals surface area contributed by atoms with Gasteiger partial charge in [-0.1, -0.05) is 57.2 Å². The number of nitrogens with zero attached hydrogens (tertiary/aromatic N) is 3. The molecular weight excluding hydrogens is 324 g/mol. The van der Waals surface area contributed by atoms with E-state index in [1.54, 1.807) is 12.5 Å². The van der Waals surface area contributed by atoms with E-state index in [0.717, 1.165) is 16.6 Å². The molecule has 0 saturated heterocycles. The van der Waals surface area contributed by atoms with E-state index in [9.17, 15) is 4.79 Å². The van der Waals surface area contributed by atoms with Crippen LogP contribution in [0.15, 0.2) is 60.0 Å². The van der Waals surface area contributed by atoms with Gasteiger partial charge in [-0.05, 0) is 29.2 Å². The summed E-state index contributed by atoms with van der Waals surface area (Å²) >= 11 is 0. The topological polar surface area (TPSA) is 59.3 Å². The zero-order chi connectivity index (χ0) is 18.5. The Kier molecular flexibility index (Phi) is 5.46. The average Bonchev–Trinajstić information content (AvgIpc) is 3.05. The largest absolute Gasteiger partial charge is 0.330 e. The number of rotatable bonds is 6. The minimum atomic E-state index is -0.215. The summed E-state index contributed by atoms with van der Waals surface area (Å²) in [7, 11) is 0. The van der Waals surface area contributed by atoms with Crippen LogP contribution in [-0.2, 0) is 11.3 Å². The molecule has 5 heteroatoms. The number of fused-ring (bicyclic) bond motifs is 1. The summed E-state index contributed by atoms with van der Waals surface area (Å²) in [5.74, 6) is 0.173. The van der Waals surface area contributed by atoms with E-state index in [0.29, 0.717) is 12.5 Å². The summed E-state index contributed by atoms with van der Waals surface area (Å²) in [6.45, 7) is 6.77. The highest BCUT2D eigenvalue weighted by Gasteiger charge is 2.14. The molecule has 1 aromatic heterocycles. The number of carbonyl (C=O) groups excluding carboxylic acids is 1. The second kappa shape index (κ2) is 7.95. The molecule has 1 atom stereocenters. The first-order chi connectivity index (χ1) is 12.5. The molecule has 0 bridgehead atoms. The Morgan fingerprint density at radius 3 is 2.62 bits per heavy atom. The predicted molar refractivity (Wildman–Crippen MR) is 105 cm³/mol. The first-order valence-corrected chi connectivity index (χ1v) is 8.87. The van der Waals surface area contributed by atoms with Crippen molar-refractivity contribution in [2.75, 3.05) is 0 Å². The molecule has 0 aliphatic carbocycles. The number of carbonyl (C=O) groups is 1. The Balaban J connectivity index is 1.57. The highest BCUT2D eigenvalue weighted by molar-refractivity contribution is 5.83. The third kappa shape index (κ3) is 4.17. The van der Waals surface area contributed by atoms with E-state index >= 15 is 0 Å². The second-order valence-electron chi connectivity index (χ2n) is 6.84. The van der Waals surface area contributed by atoms with Gasteiger partial charge in [-0.3, -0.25) is 4.79 Å². The lowest BCUT2D eigenvalue weighted by Crippen LogP contribution is -2.27. The smallest absolute Gasteiger partial charge is 0.244 e. The Morgan fingerprint density at radius 1 is 1.15 bits per heavy atom. The lowest BCUT2D eigenvalue weighted by Gasteiger charge is -2.11. The highest BCUT2D eigenvalue weighted by Crippen LogP contribution is 2.15. The van der Waals surface area contributed by atoms with Gasteiger partial charge in [-0.2, -0.15) is 5.10 Å². The lowest BCUT2D eigenvalue weighted by atomic mass is 10.0. The van der Waals surface area contributed by atoms with Gasteiger partial charge in [-0.25, -0.2) is 10.4 Å². The van der Waals surface area contributed by atoms with E-state index in [4.69, 9.17) is 0 Å². The predicted octanol–water partition coefficient (Wildman–Crippen LogP) is 3.95. The molecule has 1 N–H and O–H groups in total. The summed E-state index contributed by atoms with van der Waals surface area (Å²) in [6.07, 6.45) is 3.44. The highest BCUT2D eigenvalue weighted by atomic mass is 16.2. The Hall–Kier alpha value is -2.95. The Labute approximate surface area is 153 Å². The monoisotopic (exact) mass is 348 g/mol. The molecular formula is C21H24N4O. The third-order valence-corrected chi connectivity index (χ3v) is 4.44. The normalized spacial score (nSPS) is 12.8. The van der Waals surface area contributed by atoms with Gasteiger partial charge < -0.3 is 4.57 Å². The fraction of sp³-hybridized carbons (Fsp3) is 0.286. The van der Waals surface area contributed by atoms with Crippen LogP contribution in [0.1, 0.15) is 37.8 Å². The van der Waals surface area contributed by atoms with Gasteiger partial charge in [0.2, 0.25) is 5.91 Å². The van der Waals surface area contributed by atoms with E-state index in [1.165, 1.54) is 5.56 Å². The molecule has 2 aromatic carbocycles. The molecule has 0 radical (unpaired) electrons. The van der Waals surface area contributed by atoms with Crippen molar-refractivity contribution in [3.63, 3.8) is 0 Å². The van der Waals surface area contributed by atoms with Gasteiger partial charge in [0.25, 0.3) is 0 Å². The fourth-order valence-corrected chi connectivity index (χ4v) is 2.78. The number of benzene rings is 2. The van der Waals surface area contributed by atoms with Crippen molar-refractivity contribution >= 4 is 23.2 Å². The summed E-state index contributed by atoms with van der Waals surface area (Å²) in [5, 5.41) is 4.08. The molecule has 0 saturated carbocycles. The van der Waals surface area contributed by atoms with E-state index in [2.05, 4.69) is 41.5 Å². The Bertz CT molecular complexity index is 909. The van der Waals surface area contributed by atoms with Crippen LogP contribution < -0.4 is 5.43 Å². The molecule has 3 aromatic rings. The quantitative estimate of drug-likeness (QED) is 0.542. The van der Waals surface area contributed by atoms with Crippen LogP contribution in [0.25, 0.3) is 11.0 Å². The van der Waals surface area contributed by atoms with Crippen LogP contribution in [0.3, 0.4) is 0 Å². The van der Waals surface area contributed by atoms with Crippen molar-refractivity contribution < 1.29 is 4.79 Å². The fourth-order valence-electron chi connectivity index (χ4n) is 2.78. The summed E-state index contributed by atoms with van der Waals surface area (Å²) in [6, 6.07) is 16.1. The molecule has 0 fully saturated rings. The van der Waals surface area contributed by atoms with Crippen molar-refractivity contribution in [2.45, 2.75) is 33.2 Å². The van der Waals surface area contributed by atoms with Crippen molar-refractivity contribution in [1.29, 1.82) is 0 Å². The van der Waals surface area contributed by atoms with Crippen LogP contribution in [0.2, 0.25) is 0 Å². The number of para-hydroxylation sites is 2. The molecule has 1 unspecified atom stereocenters. The minimum absolute atomic E-state index is 0.113. The zero-order valence-corrected chi connectivity index (χ0v) is 15.4. The van der Waals surface area contributed by atoms with E-state index in [1.807, 2.05) is 47.9 Å². The van der Waals surface area contributed by atoms with Gasteiger partial charge in [0.05, 0.1) is 29.5 Å². The molecule has 0 aliphatic heterocycles. The summed E-state index contributed by atoms with van der Waals surface area (Å²) in [4.78, 5) is 16.6. The molecule has 1 heterocycles. The maximum Gasteiger partial charge on any atom is 0.244 e. The van der Waals surface area contributed by atoms with Crippen molar-refractivity contribution in [3.8, 4) is 0 Å². The van der Waals surface area contributed by atoms with Crippen LogP contribution in [0.4, 0.5) is 0 Å². The third-order valence-electron chi connectivity index (χ3n) is 4.44. The van der Waals surface area contributed by atoms with Gasteiger partial charge in [0, 0.05) is 6.54 Å². The number of aromatic nitrogens is 2. The first-order valence-electron chi connectivity index (χ1n) is 8.87. The number of nitrogens with one attached hydrogen (secondary N) is 1. The Morgan fingerprint density at radius 2 is 1.88 bits per heavy atom. The number of amides is 1. The summed E-state index contributed by atoms with van der Waals surface area (Å²) < 4.78 is 1.99. The van der Waals surface area contributed by atoms with Crippen LogP contribution in [0, 0.1) is 5.92 Å². The molecule has 0 aliphatic rings. The van der Waals surface area contributed by atoms with Crippen LogP contribution >= 0.6 is 0 Å². The van der Waals surface area contributed by atoms with Crippen molar-refractivity contribution in [1.82, 2.24) is 15.0 Å². The molecule has 134 valence electrons. The van der Waals surface area contributed by atoms with Gasteiger partial charge in [0.15, 0.2) is 0 Å². The van der Waals surface area contributed by atoms with Crippen LogP contribution in [-0.4, -0.2) is 21.7 Å². The lowest BCUT2D eigenvalue weighted by molar-refractivity contribution is -0.124. The number of hydrogen-bond donors (Lipinski definition) is 1. The molecule has 1 amide bonds. The van der Waals surface area contributed by atoms with E-state index < -0.39 is 0 Å². The van der Waals surface area contributed by atoms with Crippen molar-refractivity contribution in [3.05, 3.63) is 66.0 Å². The first kappa shape index (κ1) is 17.9. The number of hydrazone groups is 1. The van der Waals surface area contributed by atoms with Crippen molar-refractivity contribution in [2.24, 2.45) is 11.0 Å². The van der Waals surface area contributed by atoms with E-state index in [-0.39, 0.29) is 11.8 Å². The molecule has 26 heavy (non-hydrogen) atoms. The number of imidazole rings is 1. The molecule has 5 nitrogen and oxygen atoms in total. The molecule has 0 spiro atoms. The molecule has 3 rings (SSSR count). The number of hydrogen-bond acceptors (Lipinski definition) is 3. The summed E-state index contributed by atoms with van der Waals surface area (Å²) in [5.41, 5.74) is 6.83. The SMILES string of the molecule is CC(Cn1cnc2ccccc21)C(=O)N/N=C/c1ccc(C(C)C)cc1.